The van der Waals surface area contributed by atoms with E-state index in [1.54, 1.807) is 6.20 Å². The van der Waals surface area contributed by atoms with Crippen molar-refractivity contribution in [2.75, 3.05) is 25.0 Å². The maximum Gasteiger partial charge on any atom is 0.227 e. The van der Waals surface area contributed by atoms with Crippen LogP contribution in [-0.4, -0.2) is 35.4 Å². The summed E-state index contributed by atoms with van der Waals surface area (Å²) in [4.78, 5) is 18.3. The first kappa shape index (κ1) is 15.5. The Hall–Kier alpha value is -1.43. The third-order valence-corrected chi connectivity index (χ3v) is 4.85. The SMILES string of the molecule is O=C(CCN1CCC(c2cccc(Cl)c2)C1)Nc1nccs1. The summed E-state index contributed by atoms with van der Waals surface area (Å²) in [7, 11) is 0. The van der Waals surface area contributed by atoms with E-state index in [1.807, 2.05) is 23.6 Å². The smallest absolute Gasteiger partial charge is 0.227 e. The van der Waals surface area contributed by atoms with E-state index in [0.717, 1.165) is 31.1 Å². The van der Waals surface area contributed by atoms with Crippen molar-refractivity contribution in [2.24, 2.45) is 0 Å². The maximum atomic E-state index is 11.9. The van der Waals surface area contributed by atoms with Crippen LogP contribution in [0.25, 0.3) is 0 Å². The van der Waals surface area contributed by atoms with Crippen LogP contribution in [0.2, 0.25) is 5.02 Å². The highest BCUT2D eigenvalue weighted by Crippen LogP contribution is 2.28. The fraction of sp³-hybridized carbons (Fsp3) is 0.375. The Morgan fingerprint density at radius 3 is 3.18 bits per heavy atom. The maximum absolute atomic E-state index is 11.9. The van der Waals surface area contributed by atoms with Crippen molar-refractivity contribution in [1.82, 2.24) is 9.88 Å². The second-order valence-electron chi connectivity index (χ2n) is 5.48. The Kier molecular flexibility index (Phi) is 5.08. The fourth-order valence-corrected chi connectivity index (χ4v) is 3.54. The first-order chi connectivity index (χ1) is 10.7. The Balaban J connectivity index is 1.46. The molecule has 6 heteroatoms. The van der Waals surface area contributed by atoms with Gasteiger partial charge >= 0.3 is 0 Å². The number of amides is 1. The van der Waals surface area contributed by atoms with Gasteiger partial charge in [0.25, 0.3) is 0 Å². The summed E-state index contributed by atoms with van der Waals surface area (Å²) in [6.45, 7) is 2.81. The van der Waals surface area contributed by atoms with Crippen molar-refractivity contribution in [1.29, 1.82) is 0 Å². The average Bonchev–Trinajstić information content (AvgIpc) is 3.16. The lowest BCUT2D eigenvalue weighted by atomic mass is 9.99. The molecule has 0 bridgehead atoms. The standard InChI is InChI=1S/C16H18ClN3OS/c17-14-3-1-2-12(10-14)13-4-7-20(11-13)8-5-15(21)19-16-18-6-9-22-16/h1-3,6,9-10,13H,4-5,7-8,11H2,(H,18,19,21). The highest BCUT2D eigenvalue weighted by atomic mass is 35.5. The molecule has 2 heterocycles. The lowest BCUT2D eigenvalue weighted by Crippen LogP contribution is -2.25. The normalized spacial score (nSPS) is 18.5. The molecule has 1 fully saturated rings. The summed E-state index contributed by atoms with van der Waals surface area (Å²) in [5.74, 6) is 0.543. The van der Waals surface area contributed by atoms with Crippen LogP contribution in [-0.2, 0) is 4.79 Å². The minimum Gasteiger partial charge on any atom is -0.302 e. The predicted molar refractivity (Wildman–Crippen MR) is 90.6 cm³/mol. The van der Waals surface area contributed by atoms with Crippen LogP contribution in [0, 0.1) is 0 Å². The minimum atomic E-state index is 0.0288. The molecule has 1 aliphatic rings. The van der Waals surface area contributed by atoms with Crippen molar-refractivity contribution in [2.45, 2.75) is 18.8 Å². The number of hydrogen-bond acceptors (Lipinski definition) is 4. The van der Waals surface area contributed by atoms with Gasteiger partial charge in [0.2, 0.25) is 5.91 Å². The van der Waals surface area contributed by atoms with E-state index < -0.39 is 0 Å². The first-order valence-electron chi connectivity index (χ1n) is 7.38. The van der Waals surface area contributed by atoms with Crippen LogP contribution < -0.4 is 5.32 Å². The number of likely N-dealkylation sites (tertiary alicyclic amines) is 1. The van der Waals surface area contributed by atoms with E-state index in [-0.39, 0.29) is 5.91 Å². The lowest BCUT2D eigenvalue weighted by molar-refractivity contribution is -0.116. The molecule has 1 N–H and O–H groups in total. The topological polar surface area (TPSA) is 45.2 Å². The van der Waals surface area contributed by atoms with Gasteiger partial charge in [-0.3, -0.25) is 4.79 Å². The fourth-order valence-electron chi connectivity index (χ4n) is 2.79. The zero-order valence-corrected chi connectivity index (χ0v) is 13.7. The molecule has 0 aliphatic carbocycles. The molecular formula is C16H18ClN3OS. The Morgan fingerprint density at radius 1 is 1.50 bits per heavy atom. The number of carbonyl (C=O) groups is 1. The number of hydrogen-bond donors (Lipinski definition) is 1. The molecule has 3 rings (SSSR count). The van der Waals surface area contributed by atoms with Gasteiger partial charge < -0.3 is 10.2 Å². The number of benzene rings is 1. The van der Waals surface area contributed by atoms with Crippen molar-refractivity contribution >= 4 is 34.0 Å². The van der Waals surface area contributed by atoms with Crippen LogP contribution in [0.3, 0.4) is 0 Å². The molecule has 1 aromatic heterocycles. The van der Waals surface area contributed by atoms with Crippen LogP contribution in [0.5, 0.6) is 0 Å². The zero-order chi connectivity index (χ0) is 15.4. The van der Waals surface area contributed by atoms with Gasteiger partial charge in [-0.1, -0.05) is 23.7 Å². The van der Waals surface area contributed by atoms with Crippen LogP contribution >= 0.6 is 22.9 Å². The van der Waals surface area contributed by atoms with Crippen LogP contribution in [0.15, 0.2) is 35.8 Å². The first-order valence-corrected chi connectivity index (χ1v) is 8.63. The largest absolute Gasteiger partial charge is 0.302 e. The second kappa shape index (κ2) is 7.22. The van der Waals surface area contributed by atoms with Crippen molar-refractivity contribution < 1.29 is 4.79 Å². The molecule has 0 spiro atoms. The molecule has 1 aromatic carbocycles. The molecule has 0 saturated carbocycles. The summed E-state index contributed by atoms with van der Waals surface area (Å²) in [5.41, 5.74) is 1.29. The van der Waals surface area contributed by atoms with Crippen LogP contribution in [0.4, 0.5) is 5.13 Å². The summed E-state index contributed by atoms with van der Waals surface area (Å²) in [5, 5.41) is 6.13. The molecule has 1 atom stereocenters. The Bertz CT molecular complexity index is 632. The highest BCUT2D eigenvalue weighted by Gasteiger charge is 2.24. The summed E-state index contributed by atoms with van der Waals surface area (Å²) in [6.07, 6.45) is 3.31. The molecule has 22 heavy (non-hydrogen) atoms. The number of nitrogens with one attached hydrogen (secondary N) is 1. The molecule has 1 aliphatic heterocycles. The van der Waals surface area contributed by atoms with Gasteiger partial charge in [0.05, 0.1) is 0 Å². The van der Waals surface area contributed by atoms with E-state index in [9.17, 15) is 4.79 Å². The molecule has 1 amide bonds. The highest BCUT2D eigenvalue weighted by molar-refractivity contribution is 7.13. The van der Waals surface area contributed by atoms with Crippen molar-refractivity contribution in [3.8, 4) is 0 Å². The summed E-state index contributed by atoms with van der Waals surface area (Å²) >= 11 is 7.50. The Labute approximate surface area is 139 Å². The summed E-state index contributed by atoms with van der Waals surface area (Å²) in [6, 6.07) is 8.09. The zero-order valence-electron chi connectivity index (χ0n) is 12.2. The number of nitrogens with zero attached hydrogens (tertiary/aromatic N) is 2. The van der Waals surface area contributed by atoms with Gasteiger partial charge in [-0.15, -0.1) is 11.3 Å². The van der Waals surface area contributed by atoms with Gasteiger partial charge in [-0.05, 0) is 36.6 Å². The van der Waals surface area contributed by atoms with E-state index in [1.165, 1.54) is 16.9 Å². The lowest BCUT2D eigenvalue weighted by Gasteiger charge is -2.15. The van der Waals surface area contributed by atoms with Crippen molar-refractivity contribution in [3.05, 3.63) is 46.4 Å². The quantitative estimate of drug-likeness (QED) is 0.907. The molecule has 4 nitrogen and oxygen atoms in total. The molecule has 1 saturated heterocycles. The van der Waals surface area contributed by atoms with E-state index in [0.29, 0.717) is 17.5 Å². The molecule has 2 aromatic rings. The monoisotopic (exact) mass is 335 g/mol. The molecular weight excluding hydrogens is 318 g/mol. The molecule has 1 unspecified atom stereocenters. The Morgan fingerprint density at radius 2 is 2.41 bits per heavy atom. The van der Waals surface area contributed by atoms with Gasteiger partial charge in [-0.25, -0.2) is 4.98 Å². The minimum absolute atomic E-state index is 0.0288. The van der Waals surface area contributed by atoms with E-state index in [4.69, 9.17) is 11.6 Å². The van der Waals surface area contributed by atoms with Gasteiger partial charge in [-0.2, -0.15) is 0 Å². The average molecular weight is 336 g/mol. The summed E-state index contributed by atoms with van der Waals surface area (Å²) < 4.78 is 0. The third kappa shape index (κ3) is 4.06. The molecule has 116 valence electrons. The van der Waals surface area contributed by atoms with Crippen molar-refractivity contribution in [3.63, 3.8) is 0 Å². The number of aromatic nitrogens is 1. The number of thiazole rings is 1. The number of rotatable bonds is 5. The van der Waals surface area contributed by atoms with Gasteiger partial charge in [0.15, 0.2) is 5.13 Å². The third-order valence-electron chi connectivity index (χ3n) is 3.93. The number of halogens is 1. The van der Waals surface area contributed by atoms with E-state index >= 15 is 0 Å². The molecule has 0 radical (unpaired) electrons. The van der Waals surface area contributed by atoms with Gasteiger partial charge in [0, 0.05) is 36.1 Å². The number of anilines is 1. The van der Waals surface area contributed by atoms with Gasteiger partial charge in [0.1, 0.15) is 0 Å². The predicted octanol–water partition coefficient (Wildman–Crippen LogP) is 3.61. The van der Waals surface area contributed by atoms with Crippen LogP contribution in [0.1, 0.15) is 24.3 Å². The van der Waals surface area contributed by atoms with E-state index in [2.05, 4.69) is 21.3 Å². The second-order valence-corrected chi connectivity index (χ2v) is 6.81. The number of carbonyl (C=O) groups excluding carboxylic acids is 1.